The minimum Gasteiger partial charge on any atom is -0.423 e. The van der Waals surface area contributed by atoms with Gasteiger partial charge in [-0.3, -0.25) is 9.78 Å². The van der Waals surface area contributed by atoms with Crippen molar-refractivity contribution in [3.63, 3.8) is 0 Å². The van der Waals surface area contributed by atoms with Gasteiger partial charge in [-0.15, -0.1) is 11.3 Å². The number of ether oxygens (including phenoxy) is 1. The van der Waals surface area contributed by atoms with Crippen molar-refractivity contribution >= 4 is 38.8 Å². The van der Waals surface area contributed by atoms with Crippen LogP contribution in [0.5, 0.6) is 11.8 Å². The lowest BCUT2D eigenvalue weighted by atomic mass is 9.99. The van der Waals surface area contributed by atoms with Gasteiger partial charge in [0, 0.05) is 49.9 Å². The van der Waals surface area contributed by atoms with E-state index in [2.05, 4.69) is 26.8 Å². The standard InChI is InChI=1S/C28H24N6O2S/c1-15(2)27(35)34-18-5-7-20(16(3)13-18)25-23(24-22(37-25)10-12-30-26(24)29)21-8-6-19(14-32-21)36-28-31-11-9-17(4)33-28/h5-14H,1H2,2-4H3,(H2,29,30)(H,34,35). The molecular formula is C28H24N6O2S. The molecule has 0 saturated carbocycles. The second-order valence-corrected chi connectivity index (χ2v) is 9.65. The Morgan fingerprint density at radius 2 is 1.86 bits per heavy atom. The van der Waals surface area contributed by atoms with Crippen molar-refractivity contribution < 1.29 is 9.53 Å². The van der Waals surface area contributed by atoms with E-state index >= 15 is 0 Å². The first kappa shape index (κ1) is 24.1. The molecule has 0 saturated heterocycles. The first-order valence-corrected chi connectivity index (χ1v) is 12.3. The molecule has 1 amide bonds. The Kier molecular flexibility index (Phi) is 6.37. The van der Waals surface area contributed by atoms with Gasteiger partial charge >= 0.3 is 6.01 Å². The highest BCUT2D eigenvalue weighted by molar-refractivity contribution is 7.23. The Balaban J connectivity index is 1.57. The fourth-order valence-electron chi connectivity index (χ4n) is 3.91. The largest absolute Gasteiger partial charge is 0.423 e. The van der Waals surface area contributed by atoms with Crippen LogP contribution in [-0.2, 0) is 4.79 Å². The molecule has 0 unspecified atom stereocenters. The SMILES string of the molecule is C=C(C)C(=O)Nc1ccc(-c2sc3ccnc(N)c3c2-c2ccc(Oc3nccc(C)n3)cn2)c(C)c1. The van der Waals surface area contributed by atoms with Crippen molar-refractivity contribution in [3.8, 4) is 33.5 Å². The van der Waals surface area contributed by atoms with Gasteiger partial charge < -0.3 is 15.8 Å². The first-order chi connectivity index (χ1) is 17.8. The van der Waals surface area contributed by atoms with Crippen LogP contribution in [0, 0.1) is 13.8 Å². The summed E-state index contributed by atoms with van der Waals surface area (Å²) < 4.78 is 6.78. The van der Waals surface area contributed by atoms with Crippen LogP contribution < -0.4 is 15.8 Å². The van der Waals surface area contributed by atoms with E-state index in [1.54, 1.807) is 42.9 Å². The van der Waals surface area contributed by atoms with Gasteiger partial charge in [-0.2, -0.15) is 0 Å². The van der Waals surface area contributed by atoms with E-state index in [1.807, 2.05) is 50.2 Å². The molecule has 0 spiro atoms. The summed E-state index contributed by atoms with van der Waals surface area (Å²) in [5.74, 6) is 0.750. The number of amides is 1. The molecular weight excluding hydrogens is 484 g/mol. The van der Waals surface area contributed by atoms with E-state index in [0.29, 0.717) is 22.8 Å². The molecule has 1 aromatic carbocycles. The Hall–Kier alpha value is -4.63. The number of hydrogen-bond donors (Lipinski definition) is 2. The highest BCUT2D eigenvalue weighted by Gasteiger charge is 2.21. The quantitative estimate of drug-likeness (QED) is 0.258. The number of aryl methyl sites for hydroxylation is 2. The molecule has 184 valence electrons. The molecule has 0 atom stereocenters. The molecule has 0 radical (unpaired) electrons. The molecule has 3 N–H and O–H groups in total. The van der Waals surface area contributed by atoms with E-state index in [-0.39, 0.29) is 11.9 Å². The second kappa shape index (κ2) is 9.79. The molecule has 0 aliphatic heterocycles. The van der Waals surface area contributed by atoms with Crippen molar-refractivity contribution in [2.24, 2.45) is 0 Å². The van der Waals surface area contributed by atoms with Crippen LogP contribution in [0.1, 0.15) is 18.2 Å². The number of pyridine rings is 2. The van der Waals surface area contributed by atoms with Crippen molar-refractivity contribution in [1.29, 1.82) is 0 Å². The smallest absolute Gasteiger partial charge is 0.322 e. The zero-order valence-corrected chi connectivity index (χ0v) is 21.4. The first-order valence-electron chi connectivity index (χ1n) is 11.5. The molecule has 37 heavy (non-hydrogen) atoms. The number of hydrogen-bond acceptors (Lipinski definition) is 8. The summed E-state index contributed by atoms with van der Waals surface area (Å²) in [7, 11) is 0. The fourth-order valence-corrected chi connectivity index (χ4v) is 5.21. The second-order valence-electron chi connectivity index (χ2n) is 8.60. The third kappa shape index (κ3) is 4.89. The van der Waals surface area contributed by atoms with Crippen LogP contribution in [0.3, 0.4) is 0 Å². The van der Waals surface area contributed by atoms with Gasteiger partial charge in [-0.25, -0.2) is 15.0 Å². The van der Waals surface area contributed by atoms with Gasteiger partial charge in [0.1, 0.15) is 11.6 Å². The number of aromatic nitrogens is 4. The molecule has 5 rings (SSSR count). The van der Waals surface area contributed by atoms with E-state index in [4.69, 9.17) is 15.5 Å². The Labute approximate surface area is 217 Å². The van der Waals surface area contributed by atoms with Crippen molar-refractivity contribution in [2.45, 2.75) is 20.8 Å². The maximum atomic E-state index is 12.1. The monoisotopic (exact) mass is 508 g/mol. The normalized spacial score (nSPS) is 10.9. The maximum absolute atomic E-state index is 12.1. The van der Waals surface area contributed by atoms with Gasteiger partial charge in [-0.05, 0) is 68.3 Å². The van der Waals surface area contributed by atoms with Gasteiger partial charge in [0.25, 0.3) is 5.91 Å². The Bertz CT molecular complexity index is 1660. The molecule has 9 heteroatoms. The molecule has 0 aliphatic carbocycles. The lowest BCUT2D eigenvalue weighted by Crippen LogP contribution is -2.11. The molecule has 4 aromatic heterocycles. The molecule has 4 heterocycles. The average molecular weight is 509 g/mol. The molecule has 5 aromatic rings. The van der Waals surface area contributed by atoms with Gasteiger partial charge in [-0.1, -0.05) is 12.6 Å². The van der Waals surface area contributed by atoms with Crippen LogP contribution in [0.2, 0.25) is 0 Å². The summed E-state index contributed by atoms with van der Waals surface area (Å²) in [4.78, 5) is 30.5. The minimum atomic E-state index is -0.212. The summed E-state index contributed by atoms with van der Waals surface area (Å²) in [6.45, 7) is 9.26. The Morgan fingerprint density at radius 3 is 2.57 bits per heavy atom. The molecule has 8 nitrogen and oxygen atoms in total. The number of fused-ring (bicyclic) bond motifs is 1. The Morgan fingerprint density at radius 1 is 1.05 bits per heavy atom. The highest BCUT2D eigenvalue weighted by atomic mass is 32.1. The van der Waals surface area contributed by atoms with Gasteiger partial charge in [0.15, 0.2) is 0 Å². The number of nitrogen functional groups attached to an aromatic ring is 1. The molecule has 0 aliphatic rings. The predicted octanol–water partition coefficient (Wildman–Crippen LogP) is 6.32. The molecule has 0 bridgehead atoms. The van der Waals surface area contributed by atoms with Crippen LogP contribution in [-0.4, -0.2) is 25.8 Å². The number of nitrogens with one attached hydrogen (secondary N) is 1. The van der Waals surface area contributed by atoms with E-state index < -0.39 is 0 Å². The topological polar surface area (TPSA) is 116 Å². The third-order valence-corrected chi connectivity index (χ3v) is 6.91. The van der Waals surface area contributed by atoms with Crippen molar-refractivity contribution in [1.82, 2.24) is 19.9 Å². The number of nitrogens with two attached hydrogens (primary N) is 1. The summed E-state index contributed by atoms with van der Waals surface area (Å²) in [5, 5.41) is 3.72. The zero-order valence-electron chi connectivity index (χ0n) is 20.6. The number of thiophene rings is 1. The lowest BCUT2D eigenvalue weighted by Gasteiger charge is -2.11. The van der Waals surface area contributed by atoms with Crippen molar-refractivity contribution in [2.75, 3.05) is 11.1 Å². The van der Waals surface area contributed by atoms with Crippen LogP contribution in [0.25, 0.3) is 31.8 Å². The van der Waals surface area contributed by atoms with E-state index in [0.717, 1.165) is 43.0 Å². The van der Waals surface area contributed by atoms with Gasteiger partial charge in [0.2, 0.25) is 0 Å². The van der Waals surface area contributed by atoms with E-state index in [9.17, 15) is 4.79 Å². The average Bonchev–Trinajstić information content (AvgIpc) is 3.25. The number of carbonyl (C=O) groups excluding carboxylic acids is 1. The highest BCUT2D eigenvalue weighted by Crippen LogP contribution is 2.47. The van der Waals surface area contributed by atoms with Crippen LogP contribution in [0.4, 0.5) is 11.5 Å². The summed E-state index contributed by atoms with van der Waals surface area (Å²) in [5.41, 5.74) is 12.0. The fraction of sp³-hybridized carbons (Fsp3) is 0.107. The minimum absolute atomic E-state index is 0.212. The third-order valence-electron chi connectivity index (χ3n) is 5.72. The number of nitrogens with zero attached hydrogens (tertiary/aromatic N) is 4. The predicted molar refractivity (Wildman–Crippen MR) is 148 cm³/mol. The van der Waals surface area contributed by atoms with Gasteiger partial charge in [0.05, 0.1) is 11.9 Å². The maximum Gasteiger partial charge on any atom is 0.322 e. The summed E-state index contributed by atoms with van der Waals surface area (Å²) in [6, 6.07) is 13.6. The lowest BCUT2D eigenvalue weighted by molar-refractivity contribution is -0.112. The number of benzene rings is 1. The van der Waals surface area contributed by atoms with Crippen molar-refractivity contribution in [3.05, 3.63) is 84.5 Å². The zero-order chi connectivity index (χ0) is 26.1. The number of carbonyl (C=O) groups is 1. The molecule has 0 fully saturated rings. The van der Waals surface area contributed by atoms with Crippen LogP contribution >= 0.6 is 11.3 Å². The summed E-state index contributed by atoms with van der Waals surface area (Å²) >= 11 is 1.62. The van der Waals surface area contributed by atoms with E-state index in [1.165, 1.54) is 0 Å². The van der Waals surface area contributed by atoms with Crippen LogP contribution in [0.15, 0.2) is 73.2 Å². The number of anilines is 2. The number of rotatable bonds is 6. The summed E-state index contributed by atoms with van der Waals surface area (Å²) in [6.07, 6.45) is 5.00.